The molecule has 1 N–H and O–H groups in total. The number of thiazole rings is 1. The van der Waals surface area contributed by atoms with E-state index in [0.29, 0.717) is 22.0 Å². The number of amides is 1. The summed E-state index contributed by atoms with van der Waals surface area (Å²) in [5, 5.41) is 3.19. The van der Waals surface area contributed by atoms with E-state index in [0.717, 1.165) is 20.5 Å². The molecule has 6 nitrogen and oxygen atoms in total. The van der Waals surface area contributed by atoms with E-state index >= 15 is 0 Å². The highest BCUT2D eigenvalue weighted by molar-refractivity contribution is 9.10. The molecule has 0 unspecified atom stereocenters. The largest absolute Gasteiger partial charge is 0.459 e. The second kappa shape index (κ2) is 9.50. The maximum absolute atomic E-state index is 12.3. The average molecular weight is 511 g/mol. The number of nitrogens with one attached hydrogen (secondary N) is 1. The van der Waals surface area contributed by atoms with Crippen molar-refractivity contribution >= 4 is 60.6 Å². The van der Waals surface area contributed by atoms with Gasteiger partial charge >= 0.3 is 5.97 Å². The first kappa shape index (κ1) is 22.0. The summed E-state index contributed by atoms with van der Waals surface area (Å²) in [5.41, 5.74) is 2.09. The topological polar surface area (TPSA) is 81.4 Å². The van der Waals surface area contributed by atoms with Gasteiger partial charge in [0.05, 0.1) is 21.9 Å². The number of nitrogens with zero attached hydrogens (tertiary/aromatic N) is 1. The van der Waals surface area contributed by atoms with Crippen molar-refractivity contribution in [1.29, 1.82) is 0 Å². The molecule has 0 saturated carbocycles. The molecule has 8 heteroatoms. The van der Waals surface area contributed by atoms with Gasteiger partial charge in [0.25, 0.3) is 0 Å². The minimum Gasteiger partial charge on any atom is -0.459 e. The number of anilines is 1. The Labute approximate surface area is 197 Å². The molecule has 32 heavy (non-hydrogen) atoms. The van der Waals surface area contributed by atoms with Crippen LogP contribution in [0.3, 0.4) is 0 Å². The second-order valence-electron chi connectivity index (χ2n) is 7.19. The van der Waals surface area contributed by atoms with Crippen LogP contribution in [0.1, 0.15) is 30.0 Å². The first-order valence-electron chi connectivity index (χ1n) is 9.84. The van der Waals surface area contributed by atoms with E-state index in [4.69, 9.17) is 9.15 Å². The van der Waals surface area contributed by atoms with Crippen molar-refractivity contribution in [2.24, 2.45) is 0 Å². The van der Waals surface area contributed by atoms with E-state index in [1.807, 2.05) is 30.3 Å². The van der Waals surface area contributed by atoms with Gasteiger partial charge in [-0.2, -0.15) is 0 Å². The highest BCUT2D eigenvalue weighted by Gasteiger charge is 2.13. The molecule has 2 aromatic heterocycles. The number of carbonyl (C=O) groups excluding carboxylic acids is 2. The molecule has 2 aromatic carbocycles. The Hall–Kier alpha value is -3.23. The van der Waals surface area contributed by atoms with Gasteiger partial charge in [-0.25, -0.2) is 9.78 Å². The monoisotopic (exact) mass is 510 g/mol. The maximum atomic E-state index is 12.3. The molecular formula is C24H19BrN2O4S. The second-order valence-corrected chi connectivity index (χ2v) is 9.13. The zero-order valence-electron chi connectivity index (χ0n) is 17.3. The summed E-state index contributed by atoms with van der Waals surface area (Å²) in [6.45, 7) is 3.60. The number of furan rings is 1. The zero-order valence-corrected chi connectivity index (χ0v) is 19.7. The third-order valence-corrected chi connectivity index (χ3v) is 5.81. The van der Waals surface area contributed by atoms with Crippen LogP contribution in [-0.2, 0) is 9.53 Å². The lowest BCUT2D eigenvalue weighted by atomic mass is 10.2. The zero-order chi connectivity index (χ0) is 22.7. The third-order valence-electron chi connectivity index (χ3n) is 4.35. The minimum absolute atomic E-state index is 0.193. The number of ether oxygens (including phenoxy) is 1. The smallest absolute Gasteiger partial charge is 0.338 e. The molecule has 0 aliphatic heterocycles. The van der Waals surface area contributed by atoms with Crippen LogP contribution >= 0.6 is 27.3 Å². The Morgan fingerprint density at radius 3 is 2.66 bits per heavy atom. The highest BCUT2D eigenvalue weighted by Crippen LogP contribution is 2.28. The number of hydrogen-bond acceptors (Lipinski definition) is 6. The van der Waals surface area contributed by atoms with E-state index in [1.54, 1.807) is 44.2 Å². The van der Waals surface area contributed by atoms with Gasteiger partial charge in [-0.15, -0.1) is 0 Å². The number of carbonyl (C=O) groups is 2. The molecule has 0 radical (unpaired) electrons. The number of fused-ring (bicyclic) bond motifs is 1. The Morgan fingerprint density at radius 1 is 1.12 bits per heavy atom. The van der Waals surface area contributed by atoms with Gasteiger partial charge in [0.15, 0.2) is 5.13 Å². The lowest BCUT2D eigenvalue weighted by Crippen LogP contribution is -2.11. The summed E-state index contributed by atoms with van der Waals surface area (Å²) in [7, 11) is 0. The predicted molar refractivity (Wildman–Crippen MR) is 130 cm³/mol. The number of esters is 1. The van der Waals surface area contributed by atoms with Crippen molar-refractivity contribution in [2.45, 2.75) is 20.0 Å². The average Bonchev–Trinajstić information content (AvgIpc) is 3.38. The van der Waals surface area contributed by atoms with Crippen LogP contribution < -0.4 is 5.32 Å². The Bertz CT molecular complexity index is 1310. The fourth-order valence-electron chi connectivity index (χ4n) is 2.90. The van der Waals surface area contributed by atoms with E-state index in [2.05, 4.69) is 26.2 Å². The molecule has 2 heterocycles. The first-order valence-corrected chi connectivity index (χ1v) is 11.4. The minimum atomic E-state index is -0.384. The number of rotatable bonds is 6. The van der Waals surface area contributed by atoms with Crippen molar-refractivity contribution in [1.82, 2.24) is 4.98 Å². The summed E-state index contributed by atoms with van der Waals surface area (Å²) in [6, 6.07) is 16.6. The molecule has 0 spiro atoms. The summed E-state index contributed by atoms with van der Waals surface area (Å²) in [5.74, 6) is 0.570. The molecule has 1 amide bonds. The molecular weight excluding hydrogens is 492 g/mol. The normalized spacial score (nSPS) is 11.4. The summed E-state index contributed by atoms with van der Waals surface area (Å²) in [6.07, 6.45) is 2.80. The van der Waals surface area contributed by atoms with E-state index < -0.39 is 0 Å². The molecule has 0 bridgehead atoms. The van der Waals surface area contributed by atoms with E-state index in [9.17, 15) is 9.59 Å². The molecule has 4 aromatic rings. The van der Waals surface area contributed by atoms with Gasteiger partial charge in [0.2, 0.25) is 5.91 Å². The van der Waals surface area contributed by atoms with Gasteiger partial charge < -0.3 is 9.15 Å². The van der Waals surface area contributed by atoms with Crippen LogP contribution in [0.15, 0.2) is 69.6 Å². The lowest BCUT2D eigenvalue weighted by molar-refractivity contribution is -0.111. The molecule has 162 valence electrons. The third kappa shape index (κ3) is 5.33. The summed E-state index contributed by atoms with van der Waals surface area (Å²) in [4.78, 5) is 28.8. The Balaban J connectivity index is 1.42. The predicted octanol–water partition coefficient (Wildman–Crippen LogP) is 6.54. The maximum Gasteiger partial charge on any atom is 0.338 e. The molecule has 4 rings (SSSR count). The number of benzene rings is 2. The SMILES string of the molecule is CC(C)OC(=O)c1ccc2nc(NC(=O)/C=C/c3ccc(-c4ccc(Br)cc4)o3)sc2c1. The highest BCUT2D eigenvalue weighted by atomic mass is 79.9. The van der Waals surface area contributed by atoms with E-state index in [1.165, 1.54) is 17.4 Å². The van der Waals surface area contributed by atoms with Crippen LogP contribution in [0.25, 0.3) is 27.6 Å². The number of aromatic nitrogens is 1. The van der Waals surface area contributed by atoms with Gasteiger partial charge in [-0.05, 0) is 62.4 Å². The van der Waals surface area contributed by atoms with Crippen LogP contribution in [0.5, 0.6) is 0 Å². The van der Waals surface area contributed by atoms with Gasteiger partial charge in [-0.3, -0.25) is 10.1 Å². The van der Waals surface area contributed by atoms with Crippen molar-refractivity contribution in [3.8, 4) is 11.3 Å². The summed E-state index contributed by atoms with van der Waals surface area (Å²) < 4.78 is 12.8. The van der Waals surface area contributed by atoms with Crippen molar-refractivity contribution in [3.05, 3.63) is 76.5 Å². The van der Waals surface area contributed by atoms with Crippen molar-refractivity contribution in [3.63, 3.8) is 0 Å². The lowest BCUT2D eigenvalue weighted by Gasteiger charge is -2.07. The molecule has 0 aliphatic carbocycles. The number of halogens is 1. The first-order chi connectivity index (χ1) is 15.4. The van der Waals surface area contributed by atoms with E-state index in [-0.39, 0.29) is 18.0 Å². The number of hydrogen-bond donors (Lipinski definition) is 1. The van der Waals surface area contributed by atoms with Crippen LogP contribution in [0, 0.1) is 0 Å². The van der Waals surface area contributed by atoms with Crippen molar-refractivity contribution in [2.75, 3.05) is 5.32 Å². The van der Waals surface area contributed by atoms with Crippen LogP contribution in [-0.4, -0.2) is 23.0 Å². The summed E-state index contributed by atoms with van der Waals surface area (Å²) >= 11 is 4.70. The molecule has 0 aliphatic rings. The Morgan fingerprint density at radius 2 is 1.91 bits per heavy atom. The Kier molecular flexibility index (Phi) is 6.53. The van der Waals surface area contributed by atoms with Gasteiger partial charge in [-0.1, -0.05) is 39.4 Å². The van der Waals surface area contributed by atoms with Crippen LogP contribution in [0.2, 0.25) is 0 Å². The van der Waals surface area contributed by atoms with Crippen LogP contribution in [0.4, 0.5) is 5.13 Å². The molecule has 0 saturated heterocycles. The van der Waals surface area contributed by atoms with Gasteiger partial charge in [0.1, 0.15) is 11.5 Å². The van der Waals surface area contributed by atoms with Gasteiger partial charge in [0, 0.05) is 16.1 Å². The standard InChI is InChI=1S/C24H19BrN2O4S/c1-14(2)30-23(29)16-5-10-19-21(13-16)32-24(26-19)27-22(28)12-9-18-8-11-20(31-18)15-3-6-17(25)7-4-15/h3-14H,1-2H3,(H,26,27,28)/b12-9+. The fourth-order valence-corrected chi connectivity index (χ4v) is 4.08. The quantitative estimate of drug-likeness (QED) is 0.235. The molecule has 0 fully saturated rings. The van der Waals surface area contributed by atoms with Crippen molar-refractivity contribution < 1.29 is 18.7 Å². The molecule has 0 atom stereocenters. The fraction of sp³-hybridized carbons (Fsp3) is 0.125.